The average molecular weight is 356 g/mol. The van der Waals surface area contributed by atoms with Gasteiger partial charge in [-0.25, -0.2) is 0 Å². The highest BCUT2D eigenvalue weighted by Crippen LogP contribution is 2.28. The van der Waals surface area contributed by atoms with Crippen molar-refractivity contribution < 1.29 is 19.1 Å². The van der Waals surface area contributed by atoms with Gasteiger partial charge in [0.05, 0.1) is 20.3 Å². The van der Waals surface area contributed by atoms with Crippen LogP contribution >= 0.6 is 0 Å². The zero-order valence-electron chi connectivity index (χ0n) is 15.2. The molecule has 138 valence electrons. The summed E-state index contributed by atoms with van der Waals surface area (Å²) in [6.07, 6.45) is 0.290. The Morgan fingerprint density at radius 2 is 1.96 bits per heavy atom. The van der Waals surface area contributed by atoms with Crippen molar-refractivity contribution in [3.63, 3.8) is 0 Å². The molecule has 26 heavy (non-hydrogen) atoms. The minimum Gasteiger partial charge on any atom is -0.497 e. The predicted molar refractivity (Wildman–Crippen MR) is 99.1 cm³/mol. The van der Waals surface area contributed by atoms with Crippen LogP contribution in [0.1, 0.15) is 24.5 Å². The Balaban J connectivity index is 1.69. The monoisotopic (exact) mass is 356 g/mol. The van der Waals surface area contributed by atoms with Crippen molar-refractivity contribution in [2.75, 3.05) is 33.9 Å². The molecule has 2 aromatic carbocycles. The van der Waals surface area contributed by atoms with E-state index in [1.54, 1.807) is 19.1 Å². The number of nitrogens with one attached hydrogen (secondary N) is 1. The smallest absolute Gasteiger partial charge is 0.223 e. The number of fused-ring (bicyclic) bond motifs is 1. The van der Waals surface area contributed by atoms with Crippen LogP contribution in [0.2, 0.25) is 0 Å². The lowest BCUT2D eigenvalue weighted by Crippen LogP contribution is -2.42. The molecular formula is C20H24N2O4. The summed E-state index contributed by atoms with van der Waals surface area (Å²) in [7, 11) is 3.23. The van der Waals surface area contributed by atoms with Crippen LogP contribution in [-0.2, 0) is 14.3 Å². The number of carbonyl (C=O) groups excluding carboxylic acids is 2. The zero-order valence-corrected chi connectivity index (χ0v) is 15.2. The van der Waals surface area contributed by atoms with E-state index in [4.69, 9.17) is 9.47 Å². The molecule has 1 fully saturated rings. The Bertz CT molecular complexity index is 805. The summed E-state index contributed by atoms with van der Waals surface area (Å²) in [5, 5.41) is 4.75. The molecule has 1 heterocycles. The summed E-state index contributed by atoms with van der Waals surface area (Å²) in [5.74, 6) is 0.701. The lowest BCUT2D eigenvalue weighted by Gasteiger charge is -2.33. The van der Waals surface area contributed by atoms with Crippen LogP contribution in [0.3, 0.4) is 0 Å². The Morgan fingerprint density at radius 3 is 2.73 bits per heavy atom. The summed E-state index contributed by atoms with van der Waals surface area (Å²) in [6.45, 7) is 1.57. The van der Waals surface area contributed by atoms with Crippen LogP contribution in [0.15, 0.2) is 36.4 Å². The van der Waals surface area contributed by atoms with Crippen molar-refractivity contribution in [1.29, 1.82) is 0 Å². The van der Waals surface area contributed by atoms with Gasteiger partial charge in [0, 0.05) is 26.4 Å². The molecule has 0 saturated carbocycles. The highest BCUT2D eigenvalue weighted by atomic mass is 16.5. The topological polar surface area (TPSA) is 67.9 Å². The highest BCUT2D eigenvalue weighted by Gasteiger charge is 2.25. The fourth-order valence-corrected chi connectivity index (χ4v) is 3.15. The number of methoxy groups -OCH3 is 1. The van der Waals surface area contributed by atoms with E-state index in [0.717, 1.165) is 22.1 Å². The number of rotatable bonds is 5. The molecule has 0 radical (unpaired) electrons. The minimum atomic E-state index is -0.154. The van der Waals surface area contributed by atoms with Gasteiger partial charge in [-0.1, -0.05) is 18.2 Å². The predicted octanol–water partition coefficient (Wildman–Crippen LogP) is 2.27. The molecule has 0 bridgehead atoms. The number of hydrogen-bond acceptors (Lipinski definition) is 4. The molecule has 1 N–H and O–H groups in total. The first-order valence-electron chi connectivity index (χ1n) is 8.78. The number of benzene rings is 2. The molecule has 6 nitrogen and oxygen atoms in total. The number of nitrogens with zero attached hydrogens (tertiary/aromatic N) is 1. The Kier molecular flexibility index (Phi) is 5.73. The van der Waals surface area contributed by atoms with Gasteiger partial charge in [0.2, 0.25) is 11.8 Å². The van der Waals surface area contributed by atoms with Gasteiger partial charge in [-0.15, -0.1) is 0 Å². The third kappa shape index (κ3) is 4.14. The van der Waals surface area contributed by atoms with Gasteiger partial charge in [-0.2, -0.15) is 0 Å². The van der Waals surface area contributed by atoms with Crippen LogP contribution in [0.5, 0.6) is 5.75 Å². The van der Waals surface area contributed by atoms with Crippen LogP contribution in [0.25, 0.3) is 10.8 Å². The van der Waals surface area contributed by atoms with Gasteiger partial charge in [0.1, 0.15) is 11.9 Å². The number of morpholine rings is 1. The third-order valence-electron chi connectivity index (χ3n) is 4.71. The lowest BCUT2D eigenvalue weighted by atomic mass is 10.0. The summed E-state index contributed by atoms with van der Waals surface area (Å²) < 4.78 is 11.1. The second-order valence-corrected chi connectivity index (χ2v) is 6.34. The third-order valence-corrected chi connectivity index (χ3v) is 4.71. The second-order valence-electron chi connectivity index (χ2n) is 6.34. The van der Waals surface area contributed by atoms with Gasteiger partial charge >= 0.3 is 0 Å². The number of ether oxygens (including phenoxy) is 2. The van der Waals surface area contributed by atoms with Crippen LogP contribution in [0.4, 0.5) is 0 Å². The summed E-state index contributed by atoms with van der Waals surface area (Å²) in [4.78, 5) is 25.5. The van der Waals surface area contributed by atoms with Crippen molar-refractivity contribution in [2.45, 2.75) is 18.9 Å². The molecule has 0 aliphatic carbocycles. The zero-order chi connectivity index (χ0) is 18.5. The first kappa shape index (κ1) is 18.2. The Hall–Kier alpha value is -2.60. The number of carbonyl (C=O) groups is 2. The maximum Gasteiger partial charge on any atom is 0.223 e. The van der Waals surface area contributed by atoms with Gasteiger partial charge in [0.25, 0.3) is 0 Å². The molecule has 1 atom stereocenters. The average Bonchev–Trinajstić information content (AvgIpc) is 2.70. The lowest BCUT2D eigenvalue weighted by molar-refractivity contribution is -0.140. The molecule has 3 rings (SSSR count). The molecular weight excluding hydrogens is 332 g/mol. The fourth-order valence-electron chi connectivity index (χ4n) is 3.15. The normalized spacial score (nSPS) is 17.2. The van der Waals surface area contributed by atoms with E-state index in [0.29, 0.717) is 19.7 Å². The van der Waals surface area contributed by atoms with Gasteiger partial charge < -0.3 is 19.7 Å². The van der Waals surface area contributed by atoms with E-state index >= 15 is 0 Å². The maximum absolute atomic E-state index is 12.4. The molecule has 1 aliphatic heterocycles. The minimum absolute atomic E-state index is 0.00701. The molecule has 0 spiro atoms. The second kappa shape index (κ2) is 8.19. The Morgan fingerprint density at radius 1 is 1.19 bits per heavy atom. The van der Waals surface area contributed by atoms with Crippen molar-refractivity contribution in [3.8, 4) is 5.75 Å². The van der Waals surface area contributed by atoms with Gasteiger partial charge in [-0.3, -0.25) is 9.59 Å². The summed E-state index contributed by atoms with van der Waals surface area (Å²) >= 11 is 0. The standard InChI is InChI=1S/C20H24N2O4/c1-21-19(23)7-8-20(24)22-9-10-26-18(13-22)16-4-3-15-12-17(25-2)6-5-14(15)11-16/h3-6,11-12,18H,7-10,13H2,1-2H3,(H,21,23)/t18-/m0/s1. The van der Waals surface area contributed by atoms with E-state index in [1.807, 2.05) is 30.3 Å². The summed E-state index contributed by atoms with van der Waals surface area (Å²) in [5.41, 5.74) is 1.05. The molecule has 6 heteroatoms. The first-order chi connectivity index (χ1) is 12.6. The van der Waals surface area contributed by atoms with Crippen molar-refractivity contribution >= 4 is 22.6 Å². The van der Waals surface area contributed by atoms with Gasteiger partial charge in [-0.05, 0) is 34.5 Å². The van der Waals surface area contributed by atoms with Crippen molar-refractivity contribution in [3.05, 3.63) is 42.0 Å². The van der Waals surface area contributed by atoms with E-state index in [1.165, 1.54) is 0 Å². The maximum atomic E-state index is 12.4. The largest absolute Gasteiger partial charge is 0.497 e. The quantitative estimate of drug-likeness (QED) is 0.892. The molecule has 1 aliphatic rings. The van der Waals surface area contributed by atoms with Crippen molar-refractivity contribution in [1.82, 2.24) is 10.2 Å². The first-order valence-corrected chi connectivity index (χ1v) is 8.78. The van der Waals surface area contributed by atoms with E-state index in [9.17, 15) is 9.59 Å². The van der Waals surface area contributed by atoms with E-state index < -0.39 is 0 Å². The highest BCUT2D eigenvalue weighted by molar-refractivity contribution is 5.85. The molecule has 2 aromatic rings. The SMILES string of the molecule is CNC(=O)CCC(=O)N1CCO[C@H](c2ccc3cc(OC)ccc3c2)C1. The van der Waals surface area contributed by atoms with Crippen LogP contribution in [0, 0.1) is 0 Å². The van der Waals surface area contributed by atoms with Crippen LogP contribution < -0.4 is 10.1 Å². The fraction of sp³-hybridized carbons (Fsp3) is 0.400. The summed E-state index contributed by atoms with van der Waals surface area (Å²) in [6, 6.07) is 12.1. The van der Waals surface area contributed by atoms with E-state index in [2.05, 4.69) is 11.4 Å². The molecule has 0 aromatic heterocycles. The van der Waals surface area contributed by atoms with Crippen LogP contribution in [-0.4, -0.2) is 50.6 Å². The Labute approximate surface area is 153 Å². The number of hydrogen-bond donors (Lipinski definition) is 1. The molecule has 0 unspecified atom stereocenters. The van der Waals surface area contributed by atoms with Gasteiger partial charge in [0.15, 0.2) is 0 Å². The van der Waals surface area contributed by atoms with Crippen molar-refractivity contribution in [2.24, 2.45) is 0 Å². The molecule has 1 saturated heterocycles. The molecule has 2 amide bonds. The van der Waals surface area contributed by atoms with E-state index in [-0.39, 0.29) is 30.8 Å². The number of amides is 2.